The van der Waals surface area contributed by atoms with Crippen molar-refractivity contribution in [3.8, 4) is 0 Å². The van der Waals surface area contributed by atoms with Gasteiger partial charge in [-0.05, 0) is 102 Å². The molecule has 13 saturated heterocycles. The second-order valence-corrected chi connectivity index (χ2v) is 37.9. The number of carboxylic acids is 1. The molecular weight excluding hydrogens is 1800 g/mol. The van der Waals surface area contributed by atoms with Crippen LogP contribution in [0.2, 0.25) is 0 Å². The summed E-state index contributed by atoms with van der Waals surface area (Å²) in [4.78, 5) is 303. The Labute approximate surface area is 779 Å². The van der Waals surface area contributed by atoms with Crippen LogP contribution in [0.3, 0.4) is 0 Å². The van der Waals surface area contributed by atoms with Crippen LogP contribution in [0, 0.1) is 0 Å². The number of carbonyl (C=O) groups is 21. The van der Waals surface area contributed by atoms with Gasteiger partial charge in [0.2, 0.25) is 118 Å². The number of likely N-dealkylation sites (tertiary alicyclic amines) is 12. The SMILES string of the molecule is CSCC[C@H](NC(=O)[C@@H]1C[C@@H](O)CN1)C(=O)NCC(=O)N1C[C@H](O)C[C@H]1C(=O)N1CCC[C@H]1C(=O)NCC(=O)N1C[C@H](O)C[C@H]1C(=O)N1CCC[C@H]1C(=O)NCC(=O)N1C[C@H](O)C[C@H]1C(=O)N1CCC[C@H]1C(=O)NCC(=O)N1C[C@H](O)C[C@H]1C(=O)N1CCC[C@H]1C(=O)NCC(=O)N1C[C@H](O)C[C@H]1C(=O)N1CCC[C@H]1C(=O)NCC(=O)N1C[C@H](O)C[C@H]1C(=O)N1CCC[C@H]1C(=O)NCC(=O)O. The first-order valence-corrected chi connectivity index (χ1v) is 47.8. The second-order valence-electron chi connectivity index (χ2n) is 37.0. The van der Waals surface area contributed by atoms with E-state index in [1.165, 1.54) is 41.2 Å². The number of carboxylic acid groups (broad SMARTS) is 1. The smallest absolute Gasteiger partial charge is 0.322 e. The summed E-state index contributed by atoms with van der Waals surface area (Å²) >= 11 is 1.43. The summed E-state index contributed by atoms with van der Waals surface area (Å²) in [5, 5.41) is 107. The van der Waals surface area contributed by atoms with Crippen molar-refractivity contribution in [3.05, 3.63) is 0 Å². The number of β-amino-alcohol motifs (C(OH)–C–C–N with tert-alkyl or cyclic N) is 7. The monoisotopic (exact) mass is 1920 g/mol. The van der Waals surface area contributed by atoms with Gasteiger partial charge >= 0.3 is 5.97 Å². The summed E-state index contributed by atoms with van der Waals surface area (Å²) in [7, 11) is 0. The lowest BCUT2D eigenvalue weighted by Crippen LogP contribution is -2.57. The van der Waals surface area contributed by atoms with Gasteiger partial charge in [0.25, 0.3) is 0 Å². The van der Waals surface area contributed by atoms with Crippen molar-refractivity contribution in [3.63, 3.8) is 0 Å². The molecule has 50 nitrogen and oxygen atoms in total. The molecule has 13 fully saturated rings. The van der Waals surface area contributed by atoms with E-state index in [-0.39, 0.29) is 175 Å². The lowest BCUT2D eigenvalue weighted by Gasteiger charge is -2.32. The number of aliphatic hydroxyl groups excluding tert-OH is 7. The molecular formula is C84H123N21O29S. The number of amides is 20. The molecule has 13 heterocycles. The molecule has 744 valence electrons. The molecule has 0 saturated carbocycles. The summed E-state index contributed by atoms with van der Waals surface area (Å²) in [6.45, 7) is -6.10. The lowest BCUT2D eigenvalue weighted by molar-refractivity contribution is -0.148. The first kappa shape index (κ1) is 101. The van der Waals surface area contributed by atoms with Gasteiger partial charge in [0.15, 0.2) is 0 Å². The van der Waals surface area contributed by atoms with E-state index in [1.54, 1.807) is 0 Å². The van der Waals surface area contributed by atoms with E-state index < -0.39 is 297 Å². The third kappa shape index (κ3) is 23.4. The van der Waals surface area contributed by atoms with E-state index >= 15 is 0 Å². The number of rotatable bonds is 32. The molecule has 0 radical (unpaired) electrons. The van der Waals surface area contributed by atoms with Gasteiger partial charge in [-0.25, -0.2) is 0 Å². The van der Waals surface area contributed by atoms with Crippen molar-refractivity contribution in [1.82, 2.24) is 107 Å². The maximum absolute atomic E-state index is 14.5. The van der Waals surface area contributed by atoms with Crippen molar-refractivity contribution in [1.29, 1.82) is 0 Å². The predicted octanol–water partition coefficient (Wildman–Crippen LogP) is -13.4. The van der Waals surface area contributed by atoms with E-state index in [2.05, 4.69) is 47.9 Å². The molecule has 20 amide bonds. The van der Waals surface area contributed by atoms with E-state index in [9.17, 15) is 136 Å². The Balaban J connectivity index is 0.537. The van der Waals surface area contributed by atoms with Gasteiger partial charge in [0, 0.05) is 124 Å². The van der Waals surface area contributed by atoms with Gasteiger partial charge < -0.3 is 148 Å². The number of aliphatic hydroxyl groups is 7. The number of nitrogens with zero attached hydrogens (tertiary/aromatic N) is 12. The van der Waals surface area contributed by atoms with Crippen molar-refractivity contribution < 1.29 is 142 Å². The average molecular weight is 1920 g/mol. The first-order valence-electron chi connectivity index (χ1n) is 46.4. The van der Waals surface area contributed by atoms with Gasteiger partial charge in [0.1, 0.15) is 85.1 Å². The third-order valence-corrected chi connectivity index (χ3v) is 28.5. The van der Waals surface area contributed by atoms with Crippen LogP contribution in [0.1, 0.15) is 128 Å². The highest BCUT2D eigenvalue weighted by Crippen LogP contribution is 2.34. The van der Waals surface area contributed by atoms with Crippen molar-refractivity contribution >= 4 is 136 Å². The van der Waals surface area contributed by atoms with Gasteiger partial charge in [-0.2, -0.15) is 11.8 Å². The molecule has 0 aliphatic carbocycles. The molecule has 13 aliphatic rings. The molecule has 21 atom stereocenters. The second kappa shape index (κ2) is 44.8. The zero-order valence-corrected chi connectivity index (χ0v) is 75.9. The van der Waals surface area contributed by atoms with Crippen LogP contribution in [0.15, 0.2) is 0 Å². The van der Waals surface area contributed by atoms with Crippen LogP contribution in [0.4, 0.5) is 0 Å². The van der Waals surface area contributed by atoms with E-state index in [4.69, 9.17) is 5.11 Å². The largest absolute Gasteiger partial charge is 0.480 e. The standard InChI is InChI=1S/C84H123N21O29S/c1-135-21-14-50(93-72(122)51-22-43(106)29-85-51)71(121)86-30-64(113)100-37-44(107)23-58(100)79(129)94-15-2-8-52(94)73(123)87-31-65(114)101-38-45(108)24-59(101)80(130)95-16-3-9-53(95)74(124)88-32-66(115)102-39-46(109)25-60(102)81(131)96-17-4-10-54(96)75(125)89-33-67(116)103-40-47(110)26-61(103)82(132)97-18-5-11-55(97)76(126)90-34-68(117)104-41-48(111)27-62(104)83(133)98-19-6-12-56(98)77(127)91-35-69(118)105-42-49(112)28-63(105)84(134)99-20-7-13-57(99)78(128)92-36-70(119)120/h43-63,85,106-112H,2-42H2,1H3,(H,86,121)(H,87,123)(H,88,124)(H,89,125)(H,90,126)(H,91,127)(H,92,128)(H,93,122)(H,119,120)/t43-,44-,45-,46-,47-,48-,49-,50+,51+,52+,53+,54+,55+,56+,57+,58+,59+,60+,61+,62+,63+/m1/s1. The zero-order chi connectivity index (χ0) is 97.2. The van der Waals surface area contributed by atoms with Crippen LogP contribution < -0.4 is 47.9 Å². The minimum Gasteiger partial charge on any atom is -0.480 e. The number of carbonyl (C=O) groups excluding carboxylic acids is 20. The fourth-order valence-corrected chi connectivity index (χ4v) is 21.7. The molecule has 17 N–H and O–H groups in total. The van der Waals surface area contributed by atoms with E-state index in [0.717, 1.165) is 29.4 Å². The summed E-state index contributed by atoms with van der Waals surface area (Å²) in [6.07, 6.45) is -4.11. The topological polar surface area (TPSA) is 667 Å². The Morgan fingerprint density at radius 2 is 0.511 bits per heavy atom. The Kier molecular flexibility index (Phi) is 33.6. The fourth-order valence-electron chi connectivity index (χ4n) is 21.2. The predicted molar refractivity (Wildman–Crippen MR) is 461 cm³/mol. The molecule has 13 rings (SSSR count). The highest BCUT2D eigenvalue weighted by molar-refractivity contribution is 7.98. The number of hydrogen-bond donors (Lipinski definition) is 17. The Hall–Kier alpha value is -11.1. The Morgan fingerprint density at radius 1 is 0.289 bits per heavy atom. The maximum Gasteiger partial charge on any atom is 0.322 e. The number of aliphatic carboxylic acids is 1. The fraction of sp³-hybridized carbons (Fsp3) is 0.750. The van der Waals surface area contributed by atoms with Gasteiger partial charge in [-0.3, -0.25) is 101 Å². The van der Waals surface area contributed by atoms with Crippen molar-refractivity contribution in [2.45, 2.75) is 256 Å². The van der Waals surface area contributed by atoms with Crippen LogP contribution in [-0.2, 0) is 101 Å². The highest BCUT2D eigenvalue weighted by atomic mass is 32.2. The van der Waals surface area contributed by atoms with Crippen molar-refractivity contribution in [2.75, 3.05) is 143 Å². The lowest BCUT2D eigenvalue weighted by atomic mass is 10.1. The molecule has 13 aliphatic heterocycles. The first-order chi connectivity index (χ1) is 64.4. The maximum atomic E-state index is 14.5. The van der Waals surface area contributed by atoms with E-state index in [0.29, 0.717) is 44.3 Å². The van der Waals surface area contributed by atoms with Crippen LogP contribution in [-0.4, -0.2) is 494 Å². The van der Waals surface area contributed by atoms with E-state index in [1.807, 2.05) is 6.26 Å². The minimum atomic E-state index is -1.33. The quantitative estimate of drug-likeness (QED) is 0.0297. The third-order valence-electron chi connectivity index (χ3n) is 27.9. The number of nitrogens with one attached hydrogen (secondary N) is 9. The molecule has 0 bridgehead atoms. The van der Waals surface area contributed by atoms with Crippen molar-refractivity contribution in [2.24, 2.45) is 0 Å². The van der Waals surface area contributed by atoms with Gasteiger partial charge in [0.05, 0.1) is 88.0 Å². The molecule has 135 heavy (non-hydrogen) atoms. The normalized spacial score (nSPS) is 30.1. The van der Waals surface area contributed by atoms with Crippen LogP contribution >= 0.6 is 11.8 Å². The zero-order valence-electron chi connectivity index (χ0n) is 75.0. The molecule has 51 heteroatoms. The average Bonchev–Trinajstić information content (AvgIpc) is 1.67. The van der Waals surface area contributed by atoms with Crippen LogP contribution in [0.25, 0.3) is 0 Å². The van der Waals surface area contributed by atoms with Gasteiger partial charge in [-0.15, -0.1) is 0 Å². The highest BCUT2D eigenvalue weighted by Gasteiger charge is 2.54. The van der Waals surface area contributed by atoms with Gasteiger partial charge in [-0.1, -0.05) is 0 Å². The molecule has 0 aromatic heterocycles. The minimum absolute atomic E-state index is 0.0181. The molecule has 0 aromatic rings. The number of hydrogen-bond acceptors (Lipinski definition) is 30. The number of thioether (sulfide) groups is 1. The summed E-state index contributed by atoms with van der Waals surface area (Å²) in [5.41, 5.74) is 0. The Morgan fingerprint density at radius 3 is 0.719 bits per heavy atom. The summed E-state index contributed by atoms with van der Waals surface area (Å²) in [6, 6.07) is -16.3. The molecule has 0 unspecified atom stereocenters. The molecule has 0 aromatic carbocycles. The summed E-state index contributed by atoms with van der Waals surface area (Å²) < 4.78 is 0. The summed E-state index contributed by atoms with van der Waals surface area (Å²) in [5.74, 6) is -15.3. The molecule has 0 spiro atoms. The Bertz CT molecular complexity index is 4530. The van der Waals surface area contributed by atoms with Crippen LogP contribution in [0.5, 0.6) is 0 Å².